The number of alkyl halides is 3. The van der Waals surface area contributed by atoms with Crippen molar-refractivity contribution < 1.29 is 18.1 Å². The number of rotatable bonds is 5. The molecule has 0 aliphatic carbocycles. The first-order valence-corrected chi connectivity index (χ1v) is 5.49. The van der Waals surface area contributed by atoms with Gasteiger partial charge in [-0.2, -0.15) is 18.2 Å². The van der Waals surface area contributed by atoms with Crippen molar-refractivity contribution in [3.05, 3.63) is 16.3 Å². The third kappa shape index (κ3) is 4.61. The smallest absolute Gasteiger partial charge is 0.368 e. The molecule has 7 nitrogen and oxygen atoms in total. The van der Waals surface area contributed by atoms with Crippen molar-refractivity contribution in [3.63, 3.8) is 0 Å². The van der Waals surface area contributed by atoms with Crippen molar-refractivity contribution in [2.24, 2.45) is 0 Å². The second kappa shape index (κ2) is 5.71. The first-order chi connectivity index (χ1) is 8.29. The van der Waals surface area contributed by atoms with Crippen LogP contribution in [-0.4, -0.2) is 32.7 Å². The fourth-order valence-electron chi connectivity index (χ4n) is 0.989. The molecule has 0 spiro atoms. The van der Waals surface area contributed by atoms with Crippen LogP contribution in [0.4, 0.5) is 30.6 Å². The van der Waals surface area contributed by atoms with Gasteiger partial charge < -0.3 is 11.1 Å². The lowest BCUT2D eigenvalue weighted by Crippen LogP contribution is -2.12. The Kier molecular flexibility index (Phi) is 4.53. The van der Waals surface area contributed by atoms with E-state index in [2.05, 4.69) is 15.3 Å². The Labute approximate surface area is 103 Å². The van der Waals surface area contributed by atoms with E-state index in [4.69, 9.17) is 5.73 Å². The van der Waals surface area contributed by atoms with Gasteiger partial charge in [0.05, 0.1) is 4.92 Å². The Morgan fingerprint density at radius 1 is 1.56 bits per heavy atom. The molecule has 0 aliphatic heterocycles. The predicted molar refractivity (Wildman–Crippen MR) is 60.1 cm³/mol. The summed E-state index contributed by atoms with van der Waals surface area (Å²) in [5, 5.41) is 13.0. The zero-order chi connectivity index (χ0) is 13.8. The third-order valence-corrected chi connectivity index (χ3v) is 2.38. The monoisotopic (exact) mass is 283 g/mol. The van der Waals surface area contributed by atoms with E-state index in [0.717, 1.165) is 6.20 Å². The zero-order valence-corrected chi connectivity index (χ0v) is 9.59. The summed E-state index contributed by atoms with van der Waals surface area (Å²) in [6, 6.07) is 0. The first kappa shape index (κ1) is 14.3. The van der Waals surface area contributed by atoms with Crippen LogP contribution in [0.25, 0.3) is 0 Å². The van der Waals surface area contributed by atoms with Crippen molar-refractivity contribution >= 4 is 29.2 Å². The molecule has 1 rings (SSSR count). The quantitative estimate of drug-likeness (QED) is 0.480. The summed E-state index contributed by atoms with van der Waals surface area (Å²) in [6.45, 7) is -0.137. The molecule has 3 N–H and O–H groups in total. The fourth-order valence-corrected chi connectivity index (χ4v) is 1.42. The molecule has 0 radical (unpaired) electrons. The Bertz CT molecular complexity index is 442. The Morgan fingerprint density at radius 3 is 2.78 bits per heavy atom. The van der Waals surface area contributed by atoms with E-state index in [1.807, 2.05) is 0 Å². The number of nitrogens with two attached hydrogens (primary N) is 1. The summed E-state index contributed by atoms with van der Waals surface area (Å²) in [5.41, 5.74) is 0.453. The van der Waals surface area contributed by atoms with Crippen LogP contribution in [0.5, 0.6) is 0 Å². The molecule has 0 amide bonds. The molecule has 0 aromatic carbocycles. The lowest BCUT2D eigenvalue weighted by Gasteiger charge is -2.07. The topological polar surface area (TPSA) is 107 Å². The number of nitrogens with zero attached hydrogens (tertiary/aromatic N) is 3. The van der Waals surface area contributed by atoms with Crippen LogP contribution < -0.4 is 11.1 Å². The van der Waals surface area contributed by atoms with Gasteiger partial charge in [-0.25, -0.2) is 4.98 Å². The van der Waals surface area contributed by atoms with Crippen LogP contribution in [-0.2, 0) is 0 Å². The van der Waals surface area contributed by atoms with Crippen LogP contribution in [0.2, 0.25) is 0 Å². The van der Waals surface area contributed by atoms with Crippen molar-refractivity contribution in [2.75, 3.05) is 23.3 Å². The second-order valence-electron chi connectivity index (χ2n) is 2.94. The molecule has 18 heavy (non-hydrogen) atoms. The van der Waals surface area contributed by atoms with E-state index in [1.54, 1.807) is 0 Å². The minimum Gasteiger partial charge on any atom is -0.368 e. The van der Waals surface area contributed by atoms with Crippen LogP contribution in [0.1, 0.15) is 0 Å². The molecule has 1 aromatic heterocycles. The van der Waals surface area contributed by atoms with Gasteiger partial charge in [0.1, 0.15) is 6.20 Å². The second-order valence-corrected chi connectivity index (χ2v) is 4.10. The molecular weight excluding hydrogens is 275 g/mol. The van der Waals surface area contributed by atoms with Crippen LogP contribution in [0.15, 0.2) is 6.20 Å². The maximum Gasteiger partial charge on any atom is 0.441 e. The van der Waals surface area contributed by atoms with Gasteiger partial charge in [0.25, 0.3) is 0 Å². The highest BCUT2D eigenvalue weighted by Gasteiger charge is 2.27. The van der Waals surface area contributed by atoms with Crippen LogP contribution in [0.3, 0.4) is 0 Å². The summed E-state index contributed by atoms with van der Waals surface area (Å²) in [7, 11) is 0. The molecule has 0 fully saturated rings. The maximum atomic E-state index is 11.8. The minimum absolute atomic E-state index is 0.137. The molecule has 0 atom stereocenters. The average Bonchev–Trinajstić information content (AvgIpc) is 2.22. The van der Waals surface area contributed by atoms with Crippen molar-refractivity contribution in [3.8, 4) is 0 Å². The van der Waals surface area contributed by atoms with Crippen LogP contribution in [0, 0.1) is 10.1 Å². The number of halogens is 3. The van der Waals surface area contributed by atoms with Gasteiger partial charge in [0.15, 0.2) is 0 Å². The number of hydrogen-bond acceptors (Lipinski definition) is 7. The fraction of sp³-hybridized carbons (Fsp3) is 0.429. The van der Waals surface area contributed by atoms with Gasteiger partial charge in [0.2, 0.25) is 11.8 Å². The first-order valence-electron chi connectivity index (χ1n) is 4.51. The lowest BCUT2D eigenvalue weighted by molar-refractivity contribution is -0.384. The molecular formula is C7H8F3N5O2S. The van der Waals surface area contributed by atoms with Gasteiger partial charge in [-0.1, -0.05) is 0 Å². The van der Waals surface area contributed by atoms with E-state index >= 15 is 0 Å². The summed E-state index contributed by atoms with van der Waals surface area (Å²) in [6.07, 6.45) is 0.890. The SMILES string of the molecule is Nc1ncc([N+](=O)[O-])c(NCCSC(F)(F)F)n1. The highest BCUT2D eigenvalue weighted by atomic mass is 32.2. The number of nitro groups is 1. The third-order valence-electron chi connectivity index (χ3n) is 1.65. The molecule has 1 aromatic rings. The van der Waals surface area contributed by atoms with Crippen molar-refractivity contribution in [2.45, 2.75) is 5.51 Å². The number of nitrogens with one attached hydrogen (secondary N) is 1. The van der Waals surface area contributed by atoms with Crippen molar-refractivity contribution in [1.82, 2.24) is 9.97 Å². The number of anilines is 2. The lowest BCUT2D eigenvalue weighted by atomic mass is 10.4. The summed E-state index contributed by atoms with van der Waals surface area (Å²) >= 11 is -0.236. The molecule has 0 bridgehead atoms. The molecule has 0 unspecified atom stereocenters. The number of hydrogen-bond donors (Lipinski definition) is 2. The van der Waals surface area contributed by atoms with E-state index in [-0.39, 0.29) is 35.8 Å². The molecule has 11 heteroatoms. The number of nitrogen functional groups attached to an aromatic ring is 1. The number of aromatic nitrogens is 2. The molecule has 0 aliphatic rings. The van der Waals surface area contributed by atoms with Gasteiger partial charge in [-0.15, -0.1) is 0 Å². The molecule has 0 saturated heterocycles. The largest absolute Gasteiger partial charge is 0.441 e. The Balaban J connectivity index is 2.61. The number of thioether (sulfide) groups is 1. The summed E-state index contributed by atoms with van der Waals surface area (Å²) in [5.74, 6) is -0.702. The molecule has 1 heterocycles. The Morgan fingerprint density at radius 2 is 2.22 bits per heavy atom. The zero-order valence-electron chi connectivity index (χ0n) is 8.77. The van der Waals surface area contributed by atoms with Gasteiger partial charge in [-0.3, -0.25) is 10.1 Å². The van der Waals surface area contributed by atoms with Crippen molar-refractivity contribution in [1.29, 1.82) is 0 Å². The predicted octanol–water partition coefficient (Wildman–Crippen LogP) is 1.63. The highest BCUT2D eigenvalue weighted by Crippen LogP contribution is 2.30. The molecule has 0 saturated carbocycles. The van der Waals surface area contributed by atoms with E-state index in [1.165, 1.54) is 0 Å². The highest BCUT2D eigenvalue weighted by molar-refractivity contribution is 8.00. The Hall–Kier alpha value is -1.78. The summed E-state index contributed by atoms with van der Waals surface area (Å²) < 4.78 is 35.5. The van der Waals surface area contributed by atoms with Crippen LogP contribution >= 0.6 is 11.8 Å². The minimum atomic E-state index is -4.34. The van der Waals surface area contributed by atoms with Gasteiger partial charge in [0, 0.05) is 12.3 Å². The van der Waals surface area contributed by atoms with E-state index < -0.39 is 16.1 Å². The van der Waals surface area contributed by atoms with Gasteiger partial charge in [-0.05, 0) is 11.8 Å². The van der Waals surface area contributed by atoms with E-state index in [9.17, 15) is 23.3 Å². The van der Waals surface area contributed by atoms with Gasteiger partial charge >= 0.3 is 11.2 Å². The maximum absolute atomic E-state index is 11.8. The summed E-state index contributed by atoms with van der Waals surface area (Å²) in [4.78, 5) is 16.8. The standard InChI is InChI=1S/C7H8F3N5O2S/c8-7(9,10)18-2-1-12-5-4(15(16)17)3-13-6(11)14-5/h3H,1-2H2,(H3,11,12,13,14). The van der Waals surface area contributed by atoms with E-state index in [0.29, 0.717) is 0 Å². The average molecular weight is 283 g/mol. The molecule has 100 valence electrons. The normalized spacial score (nSPS) is 11.3.